The number of hydrogen-bond acceptors (Lipinski definition) is 3. The molecule has 2 amide bonds. The first-order valence-corrected chi connectivity index (χ1v) is 7.93. The molecule has 110 valence electrons. The minimum atomic E-state index is -0.980. The third-order valence-electron chi connectivity index (χ3n) is 3.58. The minimum absolute atomic E-state index is 0.161. The fourth-order valence-electron chi connectivity index (χ4n) is 2.17. The largest absolute Gasteiger partial charge is 0.480 e. The summed E-state index contributed by atoms with van der Waals surface area (Å²) >= 11 is 1.78. The highest BCUT2D eigenvalue weighted by atomic mass is 32.2. The highest BCUT2D eigenvalue weighted by Gasteiger charge is 2.36. The number of nitrogens with one attached hydrogen (secondary N) is 2. The lowest BCUT2D eigenvalue weighted by Gasteiger charge is -2.40. The fraction of sp³-hybridized carbons (Fsp3) is 0.846. The van der Waals surface area contributed by atoms with Crippen molar-refractivity contribution in [3.8, 4) is 0 Å². The number of aliphatic carboxylic acids is 1. The Morgan fingerprint density at radius 2 is 2.00 bits per heavy atom. The van der Waals surface area contributed by atoms with E-state index in [2.05, 4.69) is 16.9 Å². The third-order valence-corrected chi connectivity index (χ3v) is 5.00. The van der Waals surface area contributed by atoms with Gasteiger partial charge in [-0.2, -0.15) is 11.8 Å². The van der Waals surface area contributed by atoms with Gasteiger partial charge in [0.15, 0.2) is 0 Å². The van der Waals surface area contributed by atoms with E-state index in [4.69, 9.17) is 5.11 Å². The third kappa shape index (κ3) is 4.93. The maximum Gasteiger partial charge on any atom is 0.326 e. The predicted octanol–water partition coefficient (Wildman–Crippen LogP) is 2.07. The van der Waals surface area contributed by atoms with Crippen LogP contribution in [-0.4, -0.2) is 40.7 Å². The molecule has 19 heavy (non-hydrogen) atoms. The van der Waals surface area contributed by atoms with Crippen molar-refractivity contribution >= 4 is 23.8 Å². The summed E-state index contributed by atoms with van der Waals surface area (Å²) in [6.45, 7) is 4.48. The van der Waals surface area contributed by atoms with Gasteiger partial charge in [0.25, 0.3) is 0 Å². The van der Waals surface area contributed by atoms with Crippen molar-refractivity contribution in [2.75, 3.05) is 12.8 Å². The minimum Gasteiger partial charge on any atom is -0.480 e. The Morgan fingerprint density at radius 3 is 2.37 bits per heavy atom. The van der Waals surface area contributed by atoms with Crippen molar-refractivity contribution in [2.24, 2.45) is 5.92 Å². The summed E-state index contributed by atoms with van der Waals surface area (Å²) in [4.78, 5) is 22.8. The van der Waals surface area contributed by atoms with Crippen molar-refractivity contribution < 1.29 is 14.7 Å². The molecule has 5 nitrogen and oxygen atoms in total. The van der Waals surface area contributed by atoms with Crippen LogP contribution in [-0.2, 0) is 4.79 Å². The number of carbonyl (C=O) groups excluding carboxylic acids is 1. The van der Waals surface area contributed by atoms with E-state index >= 15 is 0 Å². The van der Waals surface area contributed by atoms with Gasteiger partial charge in [0.2, 0.25) is 0 Å². The summed E-state index contributed by atoms with van der Waals surface area (Å²) in [5.74, 6) is -0.752. The van der Waals surface area contributed by atoms with E-state index < -0.39 is 12.0 Å². The molecular formula is C13H24N2O3S. The Balaban J connectivity index is 2.38. The topological polar surface area (TPSA) is 78.4 Å². The summed E-state index contributed by atoms with van der Waals surface area (Å²) < 4.78 is 0.161. The molecule has 1 aliphatic carbocycles. The van der Waals surface area contributed by atoms with Gasteiger partial charge in [-0.1, -0.05) is 20.3 Å². The monoisotopic (exact) mass is 288 g/mol. The van der Waals surface area contributed by atoms with Gasteiger partial charge in [-0.15, -0.1) is 0 Å². The van der Waals surface area contributed by atoms with E-state index in [9.17, 15) is 9.59 Å². The van der Waals surface area contributed by atoms with Gasteiger partial charge in [0.05, 0.1) is 0 Å². The molecule has 0 spiro atoms. The quantitative estimate of drug-likeness (QED) is 0.670. The van der Waals surface area contributed by atoms with Gasteiger partial charge in [-0.05, 0) is 31.4 Å². The van der Waals surface area contributed by atoms with Gasteiger partial charge < -0.3 is 15.7 Å². The number of urea groups is 1. The van der Waals surface area contributed by atoms with Crippen LogP contribution in [0.4, 0.5) is 4.79 Å². The van der Waals surface area contributed by atoms with Crippen molar-refractivity contribution in [1.82, 2.24) is 10.6 Å². The number of carboxylic acid groups (broad SMARTS) is 1. The molecule has 1 rings (SSSR count). The second-order valence-corrected chi connectivity index (χ2v) is 6.86. The molecule has 6 heteroatoms. The molecule has 1 aliphatic rings. The van der Waals surface area contributed by atoms with Gasteiger partial charge in [0.1, 0.15) is 6.04 Å². The van der Waals surface area contributed by atoms with Crippen molar-refractivity contribution in [3.63, 3.8) is 0 Å². The zero-order valence-electron chi connectivity index (χ0n) is 11.9. The van der Waals surface area contributed by atoms with Crippen LogP contribution >= 0.6 is 11.8 Å². The highest BCUT2D eigenvalue weighted by molar-refractivity contribution is 8.00. The Morgan fingerprint density at radius 1 is 1.37 bits per heavy atom. The van der Waals surface area contributed by atoms with Gasteiger partial charge in [-0.25, -0.2) is 9.59 Å². The Labute approximate surface area is 118 Å². The van der Waals surface area contributed by atoms with E-state index in [0.29, 0.717) is 13.0 Å². The first kappa shape index (κ1) is 16.1. The van der Waals surface area contributed by atoms with E-state index in [0.717, 1.165) is 12.8 Å². The van der Waals surface area contributed by atoms with Crippen LogP contribution in [0.1, 0.15) is 39.5 Å². The van der Waals surface area contributed by atoms with Crippen LogP contribution in [0, 0.1) is 5.92 Å². The van der Waals surface area contributed by atoms with E-state index in [1.54, 1.807) is 11.8 Å². The number of hydrogen-bond donors (Lipinski definition) is 3. The summed E-state index contributed by atoms with van der Waals surface area (Å²) in [6, 6.07) is -1.19. The molecule has 3 N–H and O–H groups in total. The maximum absolute atomic E-state index is 11.7. The second-order valence-electron chi connectivity index (χ2n) is 5.59. The lowest BCUT2D eigenvalue weighted by molar-refractivity contribution is -0.139. The second kappa shape index (κ2) is 7.03. The average Bonchev–Trinajstić information content (AvgIpc) is 2.26. The normalized spacial score (nSPS) is 18.5. The molecule has 0 saturated heterocycles. The summed E-state index contributed by atoms with van der Waals surface area (Å²) in [5.41, 5.74) is 0. The highest BCUT2D eigenvalue weighted by Crippen LogP contribution is 2.42. The molecule has 0 radical (unpaired) electrons. The van der Waals surface area contributed by atoms with Gasteiger partial charge in [0, 0.05) is 11.3 Å². The number of thioether (sulfide) groups is 1. The van der Waals surface area contributed by atoms with Crippen molar-refractivity contribution in [1.29, 1.82) is 0 Å². The van der Waals surface area contributed by atoms with Crippen LogP contribution in [0.5, 0.6) is 0 Å². The molecule has 1 saturated carbocycles. The first-order valence-electron chi connectivity index (χ1n) is 6.71. The molecule has 0 aromatic rings. The standard InChI is InChI=1S/C13H24N2O3S/c1-9(2)7-10(11(16)17)15-12(18)14-8-13(19-3)5-4-6-13/h9-10H,4-8H2,1-3H3,(H,16,17)(H2,14,15,18). The average molecular weight is 288 g/mol. The van der Waals surface area contributed by atoms with Crippen LogP contribution in [0.25, 0.3) is 0 Å². The van der Waals surface area contributed by atoms with E-state index in [-0.39, 0.29) is 16.7 Å². The van der Waals surface area contributed by atoms with Crippen LogP contribution in [0.3, 0.4) is 0 Å². The van der Waals surface area contributed by atoms with Gasteiger partial charge in [-0.3, -0.25) is 0 Å². The Bertz CT molecular complexity index is 324. The van der Waals surface area contributed by atoms with Gasteiger partial charge >= 0.3 is 12.0 Å². The smallest absolute Gasteiger partial charge is 0.326 e. The zero-order valence-corrected chi connectivity index (χ0v) is 12.7. The Hall–Kier alpha value is -0.910. The molecule has 1 fully saturated rings. The van der Waals surface area contributed by atoms with Crippen LogP contribution in [0.2, 0.25) is 0 Å². The van der Waals surface area contributed by atoms with E-state index in [1.165, 1.54) is 6.42 Å². The molecule has 1 atom stereocenters. The lowest BCUT2D eigenvalue weighted by Crippen LogP contribution is -2.51. The maximum atomic E-state index is 11.7. The SMILES string of the molecule is CSC1(CNC(=O)NC(CC(C)C)C(=O)O)CCC1. The number of amides is 2. The summed E-state index contributed by atoms with van der Waals surface area (Å²) in [5, 5.41) is 14.4. The van der Waals surface area contributed by atoms with Crippen LogP contribution in [0.15, 0.2) is 0 Å². The molecule has 0 aromatic carbocycles. The molecular weight excluding hydrogens is 264 g/mol. The molecule has 0 aromatic heterocycles. The fourth-order valence-corrected chi connectivity index (χ4v) is 3.08. The number of carboxylic acids is 1. The van der Waals surface area contributed by atoms with Crippen molar-refractivity contribution in [3.05, 3.63) is 0 Å². The number of carbonyl (C=O) groups is 2. The number of rotatable bonds is 7. The van der Waals surface area contributed by atoms with E-state index in [1.807, 2.05) is 13.8 Å². The Kier molecular flexibility index (Phi) is 5.97. The lowest BCUT2D eigenvalue weighted by atomic mass is 9.84. The van der Waals surface area contributed by atoms with Crippen molar-refractivity contribution in [2.45, 2.75) is 50.3 Å². The first-order chi connectivity index (χ1) is 8.88. The molecule has 1 unspecified atom stereocenters. The molecule has 0 bridgehead atoms. The van der Waals surface area contributed by atoms with Crippen LogP contribution < -0.4 is 10.6 Å². The zero-order chi connectivity index (χ0) is 14.5. The molecule has 0 aliphatic heterocycles. The summed E-state index contributed by atoms with van der Waals surface area (Å²) in [7, 11) is 0. The predicted molar refractivity (Wildman–Crippen MR) is 77.5 cm³/mol. The summed E-state index contributed by atoms with van der Waals surface area (Å²) in [6.07, 6.45) is 5.93. The molecule has 0 heterocycles.